The predicted octanol–water partition coefficient (Wildman–Crippen LogP) is 12.2. The van der Waals surface area contributed by atoms with Crippen LogP contribution in [0.4, 0.5) is 0 Å². The lowest BCUT2D eigenvalue weighted by molar-refractivity contribution is 1.51. The molecule has 0 heteroatoms. The largest absolute Gasteiger partial charge is 0.0990 e. The summed E-state index contributed by atoms with van der Waals surface area (Å²) < 4.78 is 0. The molecule has 0 atom stereocenters. The predicted molar refractivity (Wildman–Crippen MR) is 188 cm³/mol. The van der Waals surface area contributed by atoms with Gasteiger partial charge in [-0.15, -0.1) is 0 Å². The topological polar surface area (TPSA) is 0 Å². The van der Waals surface area contributed by atoms with E-state index in [4.69, 9.17) is 0 Å². The lowest BCUT2D eigenvalue weighted by atomic mass is 9.79. The van der Waals surface area contributed by atoms with E-state index in [1.807, 2.05) is 55.5 Å². The molecule has 0 aliphatic rings. The Labute approximate surface area is 245 Å². The minimum absolute atomic E-state index is 1.01. The standard InChI is InChI=1S/C41H36/c1-9-20-29(21-10-2)35-26-27-39(32(14-6)31(35)13-5)41-34(16-8)33(15-7)40(37-23-17-18-24-38(37)41)36-25-19-22-28(11-3)30(36)12-4/h9-27H,1,3-8H2,2H3/b21-10-,29-20+. The van der Waals surface area contributed by atoms with Crippen LogP contribution in [-0.4, -0.2) is 0 Å². The molecule has 0 heterocycles. The van der Waals surface area contributed by atoms with Crippen molar-refractivity contribution in [1.29, 1.82) is 0 Å². The van der Waals surface area contributed by atoms with E-state index in [1.54, 1.807) is 6.08 Å². The van der Waals surface area contributed by atoms with Crippen LogP contribution in [0.15, 0.2) is 125 Å². The van der Waals surface area contributed by atoms with Crippen LogP contribution in [-0.2, 0) is 0 Å². The van der Waals surface area contributed by atoms with Gasteiger partial charge in [-0.05, 0) is 84.5 Å². The second kappa shape index (κ2) is 12.8. The van der Waals surface area contributed by atoms with Crippen molar-refractivity contribution in [3.05, 3.63) is 164 Å². The molecule has 4 rings (SSSR count). The van der Waals surface area contributed by atoms with Gasteiger partial charge in [-0.2, -0.15) is 0 Å². The monoisotopic (exact) mass is 528 g/mol. The maximum Gasteiger partial charge on any atom is -0.00203 e. The molecule has 0 bridgehead atoms. The van der Waals surface area contributed by atoms with Gasteiger partial charge in [0.05, 0.1) is 0 Å². The SMILES string of the molecule is C=C/C=C(\C=C/C)c1ccc(-c2c(C=C)c(C=C)c(-c3cccc(C=C)c3C=C)c3ccccc23)c(C=C)c1C=C. The Hall–Kier alpha value is -5.20. The molecule has 0 aliphatic heterocycles. The number of allylic oxidation sites excluding steroid dienone is 5. The van der Waals surface area contributed by atoms with Gasteiger partial charge < -0.3 is 0 Å². The van der Waals surface area contributed by atoms with Gasteiger partial charge in [-0.3, -0.25) is 0 Å². The first kappa shape index (κ1) is 28.8. The molecule has 0 aliphatic carbocycles. The fraction of sp³-hybridized carbons (Fsp3) is 0.0244. The van der Waals surface area contributed by atoms with Gasteiger partial charge in [0.1, 0.15) is 0 Å². The molecule has 0 unspecified atom stereocenters. The van der Waals surface area contributed by atoms with Crippen molar-refractivity contribution in [2.75, 3.05) is 0 Å². The molecular weight excluding hydrogens is 492 g/mol. The van der Waals surface area contributed by atoms with Gasteiger partial charge in [0.15, 0.2) is 0 Å². The molecule has 4 aromatic rings. The van der Waals surface area contributed by atoms with E-state index >= 15 is 0 Å². The quantitative estimate of drug-likeness (QED) is 0.170. The average Bonchev–Trinajstić information content (AvgIpc) is 3.02. The van der Waals surface area contributed by atoms with Gasteiger partial charge in [0, 0.05) is 0 Å². The van der Waals surface area contributed by atoms with E-state index in [0.29, 0.717) is 0 Å². The molecule has 0 amide bonds. The molecule has 41 heavy (non-hydrogen) atoms. The van der Waals surface area contributed by atoms with Crippen molar-refractivity contribution >= 4 is 52.8 Å². The number of hydrogen-bond donors (Lipinski definition) is 0. The molecule has 0 fully saturated rings. The van der Waals surface area contributed by atoms with Crippen molar-refractivity contribution < 1.29 is 0 Å². The first-order valence-corrected chi connectivity index (χ1v) is 13.6. The minimum Gasteiger partial charge on any atom is -0.0990 e. The Morgan fingerprint density at radius 3 is 1.59 bits per heavy atom. The Kier molecular flexibility index (Phi) is 8.97. The fourth-order valence-electron chi connectivity index (χ4n) is 5.78. The first-order chi connectivity index (χ1) is 20.0. The van der Waals surface area contributed by atoms with Gasteiger partial charge in [0.25, 0.3) is 0 Å². The zero-order valence-corrected chi connectivity index (χ0v) is 23.9. The van der Waals surface area contributed by atoms with Gasteiger partial charge in [0.2, 0.25) is 0 Å². The van der Waals surface area contributed by atoms with Crippen LogP contribution < -0.4 is 0 Å². The van der Waals surface area contributed by atoms with E-state index < -0.39 is 0 Å². The van der Waals surface area contributed by atoms with Crippen LogP contribution in [0.2, 0.25) is 0 Å². The summed E-state index contributed by atoms with van der Waals surface area (Å²) in [5, 5.41) is 2.23. The van der Waals surface area contributed by atoms with Crippen molar-refractivity contribution in [1.82, 2.24) is 0 Å². The second-order valence-electron chi connectivity index (χ2n) is 9.50. The molecule has 0 radical (unpaired) electrons. The number of hydrogen-bond acceptors (Lipinski definition) is 0. The van der Waals surface area contributed by atoms with Crippen LogP contribution in [0.1, 0.15) is 45.9 Å². The van der Waals surface area contributed by atoms with Crippen LogP contribution in [0.3, 0.4) is 0 Å². The summed E-state index contributed by atoms with van der Waals surface area (Å²) >= 11 is 0. The summed E-state index contributed by atoms with van der Waals surface area (Å²) in [6.45, 7) is 31.0. The first-order valence-electron chi connectivity index (χ1n) is 13.6. The molecule has 0 nitrogen and oxygen atoms in total. The van der Waals surface area contributed by atoms with Crippen LogP contribution in [0.25, 0.3) is 75.1 Å². The van der Waals surface area contributed by atoms with Gasteiger partial charge in [-0.1, -0.05) is 161 Å². The highest BCUT2D eigenvalue weighted by molar-refractivity contribution is 6.13. The van der Waals surface area contributed by atoms with E-state index in [2.05, 4.69) is 107 Å². The van der Waals surface area contributed by atoms with Crippen molar-refractivity contribution in [2.24, 2.45) is 0 Å². The molecule has 4 aromatic carbocycles. The number of fused-ring (bicyclic) bond motifs is 1. The van der Waals surface area contributed by atoms with Crippen LogP contribution in [0, 0.1) is 0 Å². The van der Waals surface area contributed by atoms with Crippen LogP contribution >= 0.6 is 0 Å². The highest BCUT2D eigenvalue weighted by Crippen LogP contribution is 2.46. The van der Waals surface area contributed by atoms with Crippen molar-refractivity contribution in [3.8, 4) is 22.3 Å². The highest BCUT2D eigenvalue weighted by atomic mass is 14.3. The molecule has 200 valence electrons. The fourth-order valence-corrected chi connectivity index (χ4v) is 5.78. The Balaban J connectivity index is 2.23. The van der Waals surface area contributed by atoms with E-state index in [9.17, 15) is 0 Å². The Bertz CT molecular complexity index is 1800. The maximum absolute atomic E-state index is 4.28. The lowest BCUT2D eigenvalue weighted by Crippen LogP contribution is -2.00. The third-order valence-corrected chi connectivity index (χ3v) is 7.46. The molecule has 0 N–H and O–H groups in total. The summed E-state index contributed by atoms with van der Waals surface area (Å²) in [6.07, 6.45) is 19.4. The number of rotatable bonds is 11. The van der Waals surface area contributed by atoms with E-state index in [1.165, 1.54) is 0 Å². The summed E-state index contributed by atoms with van der Waals surface area (Å²) in [4.78, 5) is 0. The summed E-state index contributed by atoms with van der Waals surface area (Å²) in [5.41, 5.74) is 12.5. The van der Waals surface area contributed by atoms with Crippen molar-refractivity contribution in [2.45, 2.75) is 6.92 Å². The molecule has 0 saturated heterocycles. The zero-order chi connectivity index (χ0) is 29.5. The van der Waals surface area contributed by atoms with Gasteiger partial charge >= 0.3 is 0 Å². The zero-order valence-electron chi connectivity index (χ0n) is 23.9. The Morgan fingerprint density at radius 2 is 1.10 bits per heavy atom. The van der Waals surface area contributed by atoms with E-state index in [0.717, 1.165) is 77.5 Å². The van der Waals surface area contributed by atoms with Gasteiger partial charge in [-0.25, -0.2) is 0 Å². The molecule has 0 spiro atoms. The third kappa shape index (κ3) is 4.97. The maximum atomic E-state index is 4.28. The van der Waals surface area contributed by atoms with Crippen LogP contribution in [0.5, 0.6) is 0 Å². The summed E-state index contributed by atoms with van der Waals surface area (Å²) in [5.74, 6) is 0. The highest BCUT2D eigenvalue weighted by Gasteiger charge is 2.22. The molecule has 0 aromatic heterocycles. The molecular formula is C41H36. The average molecular weight is 529 g/mol. The minimum atomic E-state index is 1.01. The van der Waals surface area contributed by atoms with E-state index in [-0.39, 0.29) is 0 Å². The number of benzene rings is 4. The van der Waals surface area contributed by atoms with Crippen molar-refractivity contribution in [3.63, 3.8) is 0 Å². The summed E-state index contributed by atoms with van der Waals surface area (Å²) in [7, 11) is 0. The smallest absolute Gasteiger partial charge is 0.00203 e. The Morgan fingerprint density at radius 1 is 0.537 bits per heavy atom. The third-order valence-electron chi connectivity index (χ3n) is 7.46. The normalized spacial score (nSPS) is 11.3. The second-order valence-corrected chi connectivity index (χ2v) is 9.50. The summed E-state index contributed by atoms with van der Waals surface area (Å²) in [6, 6.07) is 19.1. The molecule has 0 saturated carbocycles. The lowest BCUT2D eigenvalue weighted by Gasteiger charge is -2.23.